The van der Waals surface area contributed by atoms with E-state index in [9.17, 15) is 14.4 Å². The Hall–Kier alpha value is -6.69. The number of fused-ring (bicyclic) bond motifs is 4. The molecule has 2 atom stereocenters. The Bertz CT molecular complexity index is 2330. The third kappa shape index (κ3) is 7.50. The van der Waals surface area contributed by atoms with Crippen molar-refractivity contribution in [3.05, 3.63) is 113 Å². The molecule has 0 N–H and O–H groups in total. The average Bonchev–Trinajstić information content (AvgIpc) is 3.83. The highest BCUT2D eigenvalue weighted by Gasteiger charge is 2.35. The molecule has 0 saturated carbocycles. The van der Waals surface area contributed by atoms with Gasteiger partial charge in [-0.05, 0) is 65.8 Å². The summed E-state index contributed by atoms with van der Waals surface area (Å²) in [6, 6.07) is 21.7. The molecular formula is C45H42N4O8. The van der Waals surface area contributed by atoms with E-state index < -0.39 is 0 Å². The Morgan fingerprint density at radius 2 is 1.09 bits per heavy atom. The van der Waals surface area contributed by atoms with Gasteiger partial charge >= 0.3 is 0 Å². The molecule has 0 unspecified atom stereocenters. The first-order valence-electron chi connectivity index (χ1n) is 18.9. The lowest BCUT2D eigenvalue weighted by Crippen LogP contribution is -2.32. The molecule has 290 valence electrons. The Morgan fingerprint density at radius 3 is 1.53 bits per heavy atom. The predicted octanol–water partition coefficient (Wildman–Crippen LogP) is 8.10. The number of ether oxygens (including phenoxy) is 5. The fourth-order valence-corrected chi connectivity index (χ4v) is 7.47. The van der Waals surface area contributed by atoms with E-state index in [1.54, 1.807) is 73.7 Å². The molecular weight excluding hydrogens is 725 g/mol. The Labute approximate surface area is 330 Å². The largest absolute Gasteiger partial charge is 0.497 e. The third-order valence-electron chi connectivity index (χ3n) is 10.6. The van der Waals surface area contributed by atoms with E-state index in [-0.39, 0.29) is 23.9 Å². The van der Waals surface area contributed by atoms with Gasteiger partial charge in [0.2, 0.25) is 0 Å². The number of methoxy groups -OCH3 is 3. The van der Waals surface area contributed by atoms with Gasteiger partial charge in [0.05, 0.1) is 69.1 Å². The van der Waals surface area contributed by atoms with Gasteiger partial charge in [0.1, 0.15) is 12.0 Å². The van der Waals surface area contributed by atoms with Gasteiger partial charge in [-0.1, -0.05) is 36.4 Å². The van der Waals surface area contributed by atoms with Crippen molar-refractivity contribution in [2.24, 2.45) is 9.98 Å². The molecule has 8 rings (SSSR count). The number of carbonyl (C=O) groups excluding carboxylic acids is 3. The second-order valence-electron chi connectivity index (χ2n) is 14.1. The Morgan fingerprint density at radius 1 is 0.614 bits per heavy atom. The summed E-state index contributed by atoms with van der Waals surface area (Å²) < 4.78 is 28.8. The zero-order valence-electron chi connectivity index (χ0n) is 32.0. The number of hydrogen-bond donors (Lipinski definition) is 0. The lowest BCUT2D eigenvalue weighted by atomic mass is 10.0. The van der Waals surface area contributed by atoms with Gasteiger partial charge in [-0.15, -0.1) is 0 Å². The van der Waals surface area contributed by atoms with E-state index in [2.05, 4.69) is 4.99 Å². The van der Waals surface area contributed by atoms with Gasteiger partial charge in [-0.25, -0.2) is 0 Å². The molecule has 4 aromatic rings. The predicted molar refractivity (Wildman–Crippen MR) is 217 cm³/mol. The third-order valence-corrected chi connectivity index (χ3v) is 10.6. The summed E-state index contributed by atoms with van der Waals surface area (Å²) in [5.41, 5.74) is 6.62. The van der Waals surface area contributed by atoms with Gasteiger partial charge in [0, 0.05) is 55.4 Å². The van der Waals surface area contributed by atoms with Gasteiger partial charge in [0.25, 0.3) is 11.8 Å². The standard InChI is InChI=1S/C45H42N4O8/c1-53-35-13-11-30(12-14-35)32-18-34-24-47-39-22-43(41(55-3)20-37(39)45(52)49(34)26-32)57-16-6-4-5-15-56-42-21-38-36(19-40(42)54-2)44(51)48-25-31(17-33(48)23-46-38)29-9-7-28(27-50)8-10-29/h7-14,19-27,33-34H,4-6,15-18H2,1-3H3/t33-,34-/m0/s1. The number of unbranched alkanes of at least 4 members (excludes halogenated alkanes) is 2. The van der Waals surface area contributed by atoms with Crippen LogP contribution in [0.4, 0.5) is 11.4 Å². The van der Waals surface area contributed by atoms with Gasteiger partial charge in [0.15, 0.2) is 23.0 Å². The molecule has 4 aliphatic heterocycles. The van der Waals surface area contributed by atoms with E-state index in [0.717, 1.165) is 53.6 Å². The minimum atomic E-state index is -0.223. The summed E-state index contributed by atoms with van der Waals surface area (Å²) in [4.78, 5) is 51.3. The van der Waals surface area contributed by atoms with Crippen LogP contribution in [0.3, 0.4) is 0 Å². The van der Waals surface area contributed by atoms with Crippen LogP contribution in [0.15, 0.2) is 95.2 Å². The van der Waals surface area contributed by atoms with Crippen LogP contribution in [0.25, 0.3) is 11.1 Å². The van der Waals surface area contributed by atoms with Crippen molar-refractivity contribution in [3.8, 4) is 28.7 Å². The van der Waals surface area contributed by atoms with Crippen LogP contribution in [0.5, 0.6) is 28.7 Å². The molecule has 0 fully saturated rings. The lowest BCUT2D eigenvalue weighted by Gasteiger charge is -2.19. The lowest BCUT2D eigenvalue weighted by molar-refractivity contribution is 0.0809. The van der Waals surface area contributed by atoms with Crippen LogP contribution in [-0.4, -0.2) is 87.0 Å². The minimum Gasteiger partial charge on any atom is -0.497 e. The molecule has 12 heteroatoms. The first kappa shape index (κ1) is 37.2. The molecule has 57 heavy (non-hydrogen) atoms. The van der Waals surface area contributed by atoms with Gasteiger partial charge < -0.3 is 33.5 Å². The monoisotopic (exact) mass is 766 g/mol. The molecule has 2 amide bonds. The highest BCUT2D eigenvalue weighted by Crippen LogP contribution is 2.42. The van der Waals surface area contributed by atoms with E-state index >= 15 is 0 Å². The molecule has 0 saturated heterocycles. The molecule has 4 heterocycles. The van der Waals surface area contributed by atoms with Crippen LogP contribution < -0.4 is 23.7 Å². The average molecular weight is 767 g/mol. The number of rotatable bonds is 14. The van der Waals surface area contributed by atoms with Crippen molar-refractivity contribution in [1.82, 2.24) is 9.80 Å². The molecule has 0 spiro atoms. The Balaban J connectivity index is 0.847. The summed E-state index contributed by atoms with van der Waals surface area (Å²) in [5, 5.41) is 0. The smallest absolute Gasteiger partial charge is 0.260 e. The van der Waals surface area contributed by atoms with Crippen molar-refractivity contribution in [1.29, 1.82) is 0 Å². The number of aldehydes is 1. The number of hydrogen-bond acceptors (Lipinski definition) is 10. The maximum absolute atomic E-state index is 13.7. The van der Waals surface area contributed by atoms with Crippen molar-refractivity contribution < 1.29 is 38.1 Å². The van der Waals surface area contributed by atoms with E-state index in [1.807, 2.05) is 55.0 Å². The summed E-state index contributed by atoms with van der Waals surface area (Å²) in [6.45, 7) is 0.869. The van der Waals surface area contributed by atoms with Crippen molar-refractivity contribution in [3.63, 3.8) is 0 Å². The maximum Gasteiger partial charge on any atom is 0.260 e. The SMILES string of the molecule is COc1ccc(C2=CN3C(=O)c4cc(OC)c(OCCCCCOc5cc6c(cc5OC)C(=O)N5C=C(c7ccc(C=O)cc7)C[C@H]5C=N6)cc4N=C[C@@H]3C2)cc1. The number of carbonyl (C=O) groups is 3. The Kier molecular flexibility index (Phi) is 10.6. The number of aliphatic imine (C=N–C) groups is 2. The second-order valence-corrected chi connectivity index (χ2v) is 14.1. The minimum absolute atomic E-state index is 0.142. The molecule has 0 bridgehead atoms. The van der Waals surface area contributed by atoms with Crippen LogP contribution in [0.2, 0.25) is 0 Å². The number of benzene rings is 4. The molecule has 4 aromatic carbocycles. The fraction of sp³-hybridized carbons (Fsp3) is 0.267. The van der Waals surface area contributed by atoms with E-state index in [0.29, 0.717) is 77.1 Å². The number of amides is 2. The normalized spacial score (nSPS) is 17.7. The maximum atomic E-state index is 13.7. The summed E-state index contributed by atoms with van der Waals surface area (Å²) in [5.74, 6) is 2.44. The fourth-order valence-electron chi connectivity index (χ4n) is 7.47. The van der Waals surface area contributed by atoms with Crippen molar-refractivity contribution >= 4 is 53.1 Å². The first-order chi connectivity index (χ1) is 27.9. The zero-order chi connectivity index (χ0) is 39.5. The number of nitrogens with zero attached hydrogens (tertiary/aromatic N) is 4. The molecule has 4 aliphatic rings. The highest BCUT2D eigenvalue weighted by atomic mass is 16.5. The topological polar surface area (TPSA) is 129 Å². The summed E-state index contributed by atoms with van der Waals surface area (Å²) in [6.07, 6.45) is 11.8. The molecule has 0 aliphatic carbocycles. The molecule has 12 nitrogen and oxygen atoms in total. The molecule has 0 aromatic heterocycles. The van der Waals surface area contributed by atoms with E-state index in [1.165, 1.54) is 0 Å². The van der Waals surface area contributed by atoms with Crippen LogP contribution >= 0.6 is 0 Å². The zero-order valence-corrected chi connectivity index (χ0v) is 32.0. The molecule has 0 radical (unpaired) electrons. The summed E-state index contributed by atoms with van der Waals surface area (Å²) in [7, 11) is 4.75. The van der Waals surface area contributed by atoms with Crippen molar-refractivity contribution in [2.75, 3.05) is 34.5 Å². The van der Waals surface area contributed by atoms with Crippen LogP contribution in [0, 0.1) is 0 Å². The van der Waals surface area contributed by atoms with E-state index in [4.69, 9.17) is 28.7 Å². The van der Waals surface area contributed by atoms with Gasteiger partial charge in [-0.2, -0.15) is 0 Å². The quantitative estimate of drug-likeness (QED) is 0.0931. The van der Waals surface area contributed by atoms with Gasteiger partial charge in [-0.3, -0.25) is 24.4 Å². The van der Waals surface area contributed by atoms with Crippen molar-refractivity contribution in [2.45, 2.75) is 44.2 Å². The van der Waals surface area contributed by atoms with Crippen LogP contribution in [0.1, 0.15) is 74.3 Å². The first-order valence-corrected chi connectivity index (χ1v) is 18.9. The highest BCUT2D eigenvalue weighted by molar-refractivity contribution is 6.06. The second kappa shape index (κ2) is 16.2. The van der Waals surface area contributed by atoms with Crippen LogP contribution in [-0.2, 0) is 0 Å². The summed E-state index contributed by atoms with van der Waals surface area (Å²) >= 11 is 0.